The highest BCUT2D eigenvalue weighted by atomic mass is 35.5. The molecule has 0 bridgehead atoms. The van der Waals surface area contributed by atoms with Crippen LogP contribution >= 0.6 is 23.2 Å². The number of anilines is 1. The molecule has 1 heterocycles. The first-order chi connectivity index (χ1) is 7.41. The third kappa shape index (κ3) is 1.35. The van der Waals surface area contributed by atoms with Crippen LogP contribution in [-0.2, 0) is 10.2 Å². The molecule has 2 nitrogen and oxygen atoms in total. The van der Waals surface area contributed by atoms with Crippen molar-refractivity contribution in [1.29, 1.82) is 0 Å². The Morgan fingerprint density at radius 3 is 2.69 bits per heavy atom. The fourth-order valence-corrected chi connectivity index (χ4v) is 2.63. The maximum atomic E-state index is 13.3. The van der Waals surface area contributed by atoms with E-state index in [4.69, 9.17) is 23.2 Å². The molecule has 0 radical (unpaired) electrons. The van der Waals surface area contributed by atoms with Gasteiger partial charge in [-0.05, 0) is 24.6 Å². The topological polar surface area (TPSA) is 20.3 Å². The smallest absolute Gasteiger partial charge is 0.238 e. The third-order valence-corrected chi connectivity index (χ3v) is 3.82. The van der Waals surface area contributed by atoms with Crippen molar-refractivity contribution >= 4 is 34.8 Å². The van der Waals surface area contributed by atoms with E-state index in [9.17, 15) is 9.18 Å². The van der Waals surface area contributed by atoms with E-state index in [1.807, 2.05) is 0 Å². The molecule has 1 aliphatic heterocycles. The minimum absolute atomic E-state index is 0.100. The Balaban J connectivity index is 2.75. The molecular weight excluding hydrogens is 252 g/mol. The van der Waals surface area contributed by atoms with E-state index in [1.54, 1.807) is 14.0 Å². The Labute approximate surface area is 103 Å². The molecular formula is C11H10Cl2FNO. The van der Waals surface area contributed by atoms with Crippen molar-refractivity contribution in [2.45, 2.75) is 12.3 Å². The number of benzene rings is 1. The molecule has 2 rings (SSSR count). The molecule has 0 saturated heterocycles. The average molecular weight is 262 g/mol. The van der Waals surface area contributed by atoms with Gasteiger partial charge in [-0.1, -0.05) is 11.6 Å². The van der Waals surface area contributed by atoms with Gasteiger partial charge < -0.3 is 4.90 Å². The largest absolute Gasteiger partial charge is 0.313 e. The summed E-state index contributed by atoms with van der Waals surface area (Å²) in [7, 11) is 1.61. The first-order valence-corrected chi connectivity index (χ1v) is 5.66. The third-order valence-electron chi connectivity index (χ3n) is 3.00. The Bertz CT molecular complexity index is 477. The van der Waals surface area contributed by atoms with Crippen LogP contribution < -0.4 is 4.90 Å². The number of carbonyl (C=O) groups excluding carboxylic acids is 1. The molecule has 16 heavy (non-hydrogen) atoms. The standard InChI is InChI=1S/C11H10Cl2FNO/c1-11(5-12)7-3-6(14)4-8(13)9(7)15(2)10(11)16/h3-4H,5H2,1-2H3. The van der Waals surface area contributed by atoms with Crippen LogP contribution in [0.4, 0.5) is 10.1 Å². The van der Waals surface area contributed by atoms with E-state index in [2.05, 4.69) is 0 Å². The SMILES string of the molecule is CN1C(=O)C(C)(CCl)c2cc(F)cc(Cl)c21. The highest BCUT2D eigenvalue weighted by molar-refractivity contribution is 6.35. The predicted octanol–water partition coefficient (Wildman–Crippen LogP) is 2.95. The summed E-state index contributed by atoms with van der Waals surface area (Å²) in [6.45, 7) is 1.69. The summed E-state index contributed by atoms with van der Waals surface area (Å²) in [5.74, 6) is -0.517. The van der Waals surface area contributed by atoms with Crippen molar-refractivity contribution in [1.82, 2.24) is 0 Å². The average Bonchev–Trinajstić information content (AvgIpc) is 2.42. The lowest BCUT2D eigenvalue weighted by Gasteiger charge is -2.19. The van der Waals surface area contributed by atoms with Gasteiger partial charge in [-0.3, -0.25) is 4.79 Å². The van der Waals surface area contributed by atoms with Crippen LogP contribution in [0.15, 0.2) is 12.1 Å². The summed E-state index contributed by atoms with van der Waals surface area (Å²) in [4.78, 5) is 13.5. The molecule has 1 aliphatic rings. The number of nitrogens with zero attached hydrogens (tertiary/aromatic N) is 1. The second-order valence-corrected chi connectivity index (χ2v) is 4.79. The highest BCUT2D eigenvalue weighted by Crippen LogP contribution is 2.45. The molecule has 0 aromatic heterocycles. The molecule has 0 spiro atoms. The second kappa shape index (κ2) is 3.60. The molecule has 1 unspecified atom stereocenters. The van der Waals surface area contributed by atoms with Gasteiger partial charge in [-0.15, -0.1) is 11.6 Å². The summed E-state index contributed by atoms with van der Waals surface area (Å²) >= 11 is 11.8. The Kier molecular flexibility index (Phi) is 2.63. The zero-order valence-corrected chi connectivity index (χ0v) is 10.4. The number of halogens is 3. The number of fused-ring (bicyclic) bond motifs is 1. The van der Waals surface area contributed by atoms with Gasteiger partial charge in [0.15, 0.2) is 0 Å². The predicted molar refractivity (Wildman–Crippen MR) is 62.9 cm³/mol. The van der Waals surface area contributed by atoms with E-state index in [1.165, 1.54) is 17.0 Å². The van der Waals surface area contributed by atoms with Gasteiger partial charge in [0.25, 0.3) is 0 Å². The zero-order chi connectivity index (χ0) is 12.1. The van der Waals surface area contributed by atoms with Gasteiger partial charge in [0.1, 0.15) is 5.82 Å². The molecule has 0 fully saturated rings. The van der Waals surface area contributed by atoms with Crippen LogP contribution in [-0.4, -0.2) is 18.8 Å². The van der Waals surface area contributed by atoms with E-state index in [0.29, 0.717) is 11.3 Å². The van der Waals surface area contributed by atoms with E-state index < -0.39 is 11.2 Å². The van der Waals surface area contributed by atoms with Crippen LogP contribution in [0, 0.1) is 5.82 Å². The monoisotopic (exact) mass is 261 g/mol. The molecule has 1 aromatic rings. The van der Waals surface area contributed by atoms with Crippen LogP contribution in [0.2, 0.25) is 5.02 Å². The second-order valence-electron chi connectivity index (χ2n) is 4.11. The van der Waals surface area contributed by atoms with Gasteiger partial charge >= 0.3 is 0 Å². The summed E-state index contributed by atoms with van der Waals surface area (Å²) in [5, 5.41) is 0.236. The Hall–Kier alpha value is -0.800. The number of hydrogen-bond acceptors (Lipinski definition) is 1. The summed E-state index contributed by atoms with van der Waals surface area (Å²) in [5.41, 5.74) is 0.216. The summed E-state index contributed by atoms with van der Waals surface area (Å²) < 4.78 is 13.3. The van der Waals surface area contributed by atoms with E-state index >= 15 is 0 Å². The van der Waals surface area contributed by atoms with Crippen LogP contribution in [0.25, 0.3) is 0 Å². The molecule has 1 atom stereocenters. The number of rotatable bonds is 1. The Morgan fingerprint density at radius 2 is 2.12 bits per heavy atom. The van der Waals surface area contributed by atoms with Gasteiger partial charge in [0, 0.05) is 12.9 Å². The minimum atomic E-state index is -0.891. The van der Waals surface area contributed by atoms with Gasteiger partial charge in [0.05, 0.1) is 16.1 Å². The van der Waals surface area contributed by atoms with Crippen LogP contribution in [0.3, 0.4) is 0 Å². The van der Waals surface area contributed by atoms with Crippen molar-refractivity contribution in [3.05, 3.63) is 28.5 Å². The molecule has 1 amide bonds. The van der Waals surface area contributed by atoms with Crippen LogP contribution in [0.5, 0.6) is 0 Å². The lowest BCUT2D eigenvalue weighted by molar-refractivity contribution is -0.121. The fourth-order valence-electron chi connectivity index (χ4n) is 2.04. The fraction of sp³-hybridized carbons (Fsp3) is 0.364. The minimum Gasteiger partial charge on any atom is -0.313 e. The zero-order valence-electron chi connectivity index (χ0n) is 8.85. The lowest BCUT2D eigenvalue weighted by Crippen LogP contribution is -2.37. The van der Waals surface area contributed by atoms with Crippen molar-refractivity contribution in [2.24, 2.45) is 0 Å². The number of alkyl halides is 1. The number of hydrogen-bond donors (Lipinski definition) is 0. The van der Waals surface area contributed by atoms with E-state index in [-0.39, 0.29) is 16.8 Å². The van der Waals surface area contributed by atoms with E-state index in [0.717, 1.165) is 0 Å². The number of likely N-dealkylation sites (N-methyl/N-ethyl adjacent to an activating group) is 1. The molecule has 5 heteroatoms. The van der Waals surface area contributed by atoms with Gasteiger partial charge in [-0.25, -0.2) is 4.39 Å². The molecule has 86 valence electrons. The van der Waals surface area contributed by atoms with Gasteiger partial charge in [0.2, 0.25) is 5.91 Å². The summed E-state index contributed by atoms with van der Waals surface area (Å²) in [6, 6.07) is 2.52. The normalized spacial score (nSPS) is 23.8. The number of carbonyl (C=O) groups is 1. The summed E-state index contributed by atoms with van der Waals surface area (Å²) in [6.07, 6.45) is 0. The number of amides is 1. The first-order valence-electron chi connectivity index (χ1n) is 4.75. The molecule has 0 N–H and O–H groups in total. The lowest BCUT2D eigenvalue weighted by atomic mass is 9.86. The van der Waals surface area contributed by atoms with Crippen LogP contribution in [0.1, 0.15) is 12.5 Å². The quantitative estimate of drug-likeness (QED) is 0.712. The Morgan fingerprint density at radius 1 is 1.50 bits per heavy atom. The molecule has 1 aromatic carbocycles. The first kappa shape index (κ1) is 11.7. The van der Waals surface area contributed by atoms with Crippen molar-refractivity contribution in [3.63, 3.8) is 0 Å². The molecule has 0 saturated carbocycles. The van der Waals surface area contributed by atoms with Crippen molar-refractivity contribution in [2.75, 3.05) is 17.8 Å². The maximum absolute atomic E-state index is 13.3. The maximum Gasteiger partial charge on any atom is 0.238 e. The highest BCUT2D eigenvalue weighted by Gasteiger charge is 2.46. The molecule has 0 aliphatic carbocycles. The van der Waals surface area contributed by atoms with Crippen molar-refractivity contribution < 1.29 is 9.18 Å². The van der Waals surface area contributed by atoms with Gasteiger partial charge in [-0.2, -0.15) is 0 Å². The van der Waals surface area contributed by atoms with Crippen molar-refractivity contribution in [3.8, 4) is 0 Å².